The van der Waals surface area contributed by atoms with Gasteiger partial charge in [0.25, 0.3) is 0 Å². The topological polar surface area (TPSA) is 92.4 Å². The van der Waals surface area contributed by atoms with Crippen LogP contribution < -0.4 is 11.1 Å². The van der Waals surface area contributed by atoms with Crippen LogP contribution in [0.4, 0.5) is 10.1 Å². The second-order valence-electron chi connectivity index (χ2n) is 2.75. The van der Waals surface area contributed by atoms with Crippen LogP contribution in [-0.2, 0) is 4.79 Å². The summed E-state index contributed by atoms with van der Waals surface area (Å²) in [4.78, 5) is 21.4. The number of carbonyl (C=O) groups excluding carboxylic acids is 1. The molecular formula is C9H9FN2O3. The summed E-state index contributed by atoms with van der Waals surface area (Å²) in [5, 5.41) is 10.9. The highest BCUT2D eigenvalue weighted by atomic mass is 19.1. The van der Waals surface area contributed by atoms with Crippen LogP contribution in [-0.4, -0.2) is 23.5 Å². The average Bonchev–Trinajstić information content (AvgIpc) is 2.20. The lowest BCUT2D eigenvalue weighted by Gasteiger charge is -2.04. The van der Waals surface area contributed by atoms with Gasteiger partial charge in [0.2, 0.25) is 5.91 Å². The van der Waals surface area contributed by atoms with Crippen molar-refractivity contribution in [2.75, 3.05) is 11.9 Å². The molecule has 5 nitrogen and oxygen atoms in total. The molecule has 0 aliphatic carbocycles. The molecule has 0 spiro atoms. The van der Waals surface area contributed by atoms with Gasteiger partial charge in [-0.25, -0.2) is 9.18 Å². The van der Waals surface area contributed by atoms with Gasteiger partial charge in [-0.15, -0.1) is 0 Å². The summed E-state index contributed by atoms with van der Waals surface area (Å²) in [7, 11) is 0. The molecule has 1 aromatic carbocycles. The molecule has 1 aromatic rings. The van der Waals surface area contributed by atoms with Crippen LogP contribution in [0.1, 0.15) is 10.4 Å². The van der Waals surface area contributed by atoms with E-state index in [1.165, 1.54) is 6.07 Å². The van der Waals surface area contributed by atoms with E-state index in [1.807, 2.05) is 0 Å². The summed E-state index contributed by atoms with van der Waals surface area (Å²) < 4.78 is 12.9. The Balaban J connectivity index is 2.97. The lowest BCUT2D eigenvalue weighted by atomic mass is 10.2. The van der Waals surface area contributed by atoms with Gasteiger partial charge in [-0.05, 0) is 18.2 Å². The van der Waals surface area contributed by atoms with Crippen LogP contribution in [0, 0.1) is 5.82 Å². The van der Waals surface area contributed by atoms with Gasteiger partial charge in [-0.2, -0.15) is 0 Å². The van der Waals surface area contributed by atoms with E-state index >= 15 is 0 Å². The van der Waals surface area contributed by atoms with Gasteiger partial charge in [0.05, 0.1) is 12.1 Å². The molecule has 0 saturated heterocycles. The third-order valence-electron chi connectivity index (χ3n) is 1.67. The fraction of sp³-hybridized carbons (Fsp3) is 0.111. The Labute approximate surface area is 84.7 Å². The second-order valence-corrected chi connectivity index (χ2v) is 2.75. The number of benzene rings is 1. The molecule has 0 aliphatic heterocycles. The van der Waals surface area contributed by atoms with Gasteiger partial charge in [0.15, 0.2) is 0 Å². The van der Waals surface area contributed by atoms with E-state index < -0.39 is 23.3 Å². The van der Waals surface area contributed by atoms with Crippen molar-refractivity contribution in [2.24, 2.45) is 5.73 Å². The van der Waals surface area contributed by atoms with E-state index in [2.05, 4.69) is 5.32 Å². The number of halogens is 1. The Morgan fingerprint density at radius 2 is 2.13 bits per heavy atom. The number of hydrogen-bond acceptors (Lipinski definition) is 3. The molecule has 0 aliphatic rings. The molecule has 0 unspecified atom stereocenters. The molecule has 0 saturated carbocycles. The Morgan fingerprint density at radius 3 is 2.67 bits per heavy atom. The molecular weight excluding hydrogens is 203 g/mol. The fourth-order valence-electron chi connectivity index (χ4n) is 0.979. The number of carboxylic acids is 1. The molecule has 4 N–H and O–H groups in total. The van der Waals surface area contributed by atoms with Crippen molar-refractivity contribution in [3.8, 4) is 0 Å². The second kappa shape index (κ2) is 4.52. The van der Waals surface area contributed by atoms with Crippen LogP contribution in [0.25, 0.3) is 0 Å². The van der Waals surface area contributed by atoms with Crippen molar-refractivity contribution < 1.29 is 19.1 Å². The first-order chi connectivity index (χ1) is 7.04. The first kappa shape index (κ1) is 11.1. The summed E-state index contributed by atoms with van der Waals surface area (Å²) in [6.07, 6.45) is 0. The normalized spacial score (nSPS) is 9.73. The zero-order valence-electron chi connectivity index (χ0n) is 7.66. The third kappa shape index (κ3) is 2.75. The summed E-state index contributed by atoms with van der Waals surface area (Å²) in [5.74, 6) is -2.72. The maximum absolute atomic E-state index is 12.9. The quantitative estimate of drug-likeness (QED) is 0.677. The van der Waals surface area contributed by atoms with E-state index in [1.54, 1.807) is 0 Å². The van der Waals surface area contributed by atoms with Crippen LogP contribution in [0.3, 0.4) is 0 Å². The average molecular weight is 212 g/mol. The molecule has 1 amide bonds. The highest BCUT2D eigenvalue weighted by Crippen LogP contribution is 2.14. The van der Waals surface area contributed by atoms with Crippen LogP contribution >= 0.6 is 0 Å². The SMILES string of the molecule is NCC(=O)Nc1ccc(F)c(C(=O)O)c1. The van der Waals surface area contributed by atoms with Crippen LogP contribution in [0.2, 0.25) is 0 Å². The van der Waals surface area contributed by atoms with Crippen molar-refractivity contribution >= 4 is 17.6 Å². The van der Waals surface area contributed by atoms with Gasteiger partial charge in [0.1, 0.15) is 5.82 Å². The van der Waals surface area contributed by atoms with Crippen molar-refractivity contribution in [2.45, 2.75) is 0 Å². The van der Waals surface area contributed by atoms with Gasteiger partial charge in [-0.1, -0.05) is 0 Å². The molecule has 80 valence electrons. The van der Waals surface area contributed by atoms with Gasteiger partial charge >= 0.3 is 5.97 Å². The fourth-order valence-corrected chi connectivity index (χ4v) is 0.979. The first-order valence-electron chi connectivity index (χ1n) is 4.07. The molecule has 0 heterocycles. The highest BCUT2D eigenvalue weighted by Gasteiger charge is 2.11. The number of anilines is 1. The highest BCUT2D eigenvalue weighted by molar-refractivity contribution is 5.94. The van der Waals surface area contributed by atoms with E-state index in [0.29, 0.717) is 0 Å². The molecule has 0 atom stereocenters. The molecule has 0 radical (unpaired) electrons. The van der Waals surface area contributed by atoms with E-state index in [0.717, 1.165) is 12.1 Å². The standard InChI is InChI=1S/C9H9FN2O3/c10-7-2-1-5(12-8(13)4-11)3-6(7)9(14)15/h1-3H,4,11H2,(H,12,13)(H,14,15). The summed E-state index contributed by atoms with van der Waals surface area (Å²) >= 11 is 0. The Kier molecular flexibility index (Phi) is 3.35. The van der Waals surface area contributed by atoms with E-state index in [9.17, 15) is 14.0 Å². The lowest BCUT2D eigenvalue weighted by Crippen LogP contribution is -2.22. The first-order valence-corrected chi connectivity index (χ1v) is 4.07. The number of carboxylic acid groups (broad SMARTS) is 1. The number of nitrogens with two attached hydrogens (primary N) is 1. The maximum atomic E-state index is 12.9. The molecule has 6 heteroatoms. The van der Waals surface area contributed by atoms with Crippen molar-refractivity contribution in [3.05, 3.63) is 29.6 Å². The zero-order chi connectivity index (χ0) is 11.4. The van der Waals surface area contributed by atoms with Gasteiger partial charge in [-0.3, -0.25) is 4.79 Å². The zero-order valence-corrected chi connectivity index (χ0v) is 7.66. The van der Waals surface area contributed by atoms with E-state index in [4.69, 9.17) is 10.8 Å². The minimum atomic E-state index is -1.39. The van der Waals surface area contributed by atoms with Crippen molar-refractivity contribution in [3.63, 3.8) is 0 Å². The van der Waals surface area contributed by atoms with Gasteiger partial charge in [0, 0.05) is 5.69 Å². The smallest absolute Gasteiger partial charge is 0.338 e. The summed E-state index contributed by atoms with van der Waals surface area (Å²) in [5.41, 5.74) is 4.75. The van der Waals surface area contributed by atoms with Crippen molar-refractivity contribution in [1.29, 1.82) is 0 Å². The summed E-state index contributed by atoms with van der Waals surface area (Å²) in [6.45, 7) is -0.222. The number of aromatic carboxylic acids is 1. The predicted octanol–water partition coefficient (Wildman–Crippen LogP) is 0.421. The third-order valence-corrected chi connectivity index (χ3v) is 1.67. The number of hydrogen-bond donors (Lipinski definition) is 3. The molecule has 0 fully saturated rings. The minimum absolute atomic E-state index is 0.198. The van der Waals surface area contributed by atoms with E-state index in [-0.39, 0.29) is 12.2 Å². The Bertz CT molecular complexity index is 406. The molecule has 1 rings (SSSR count). The number of rotatable bonds is 3. The minimum Gasteiger partial charge on any atom is -0.478 e. The lowest BCUT2D eigenvalue weighted by molar-refractivity contribution is -0.114. The van der Waals surface area contributed by atoms with Crippen LogP contribution in [0.15, 0.2) is 18.2 Å². The number of amides is 1. The Morgan fingerprint density at radius 1 is 1.47 bits per heavy atom. The van der Waals surface area contributed by atoms with Crippen molar-refractivity contribution in [1.82, 2.24) is 0 Å². The molecule has 0 aromatic heterocycles. The van der Waals surface area contributed by atoms with Gasteiger partial charge < -0.3 is 16.2 Å². The maximum Gasteiger partial charge on any atom is 0.338 e. The largest absolute Gasteiger partial charge is 0.478 e. The number of carbonyl (C=O) groups is 2. The molecule has 0 bridgehead atoms. The number of nitrogens with one attached hydrogen (secondary N) is 1. The monoisotopic (exact) mass is 212 g/mol. The predicted molar refractivity (Wildman–Crippen MR) is 51.0 cm³/mol. The Hall–Kier alpha value is -1.95. The molecule has 15 heavy (non-hydrogen) atoms. The van der Waals surface area contributed by atoms with Crippen LogP contribution in [0.5, 0.6) is 0 Å². The summed E-state index contributed by atoms with van der Waals surface area (Å²) in [6, 6.07) is 3.26.